The SMILES string of the molecule is N#Cc1ccc(/C=C/CN2CCc3c(c4cc(C#N)ccc4n3C(=O)NCc3ccnc(F)c3)C2)cc1. The molecule has 1 N–H and O–H groups in total. The maximum absolute atomic E-state index is 13.4. The lowest BCUT2D eigenvalue weighted by atomic mass is 10.0. The summed E-state index contributed by atoms with van der Waals surface area (Å²) in [4.78, 5) is 19.1. The predicted octanol–water partition coefficient (Wildman–Crippen LogP) is 4.75. The first kappa shape index (κ1) is 23.9. The van der Waals surface area contributed by atoms with Crippen LogP contribution in [0.2, 0.25) is 0 Å². The molecule has 5 rings (SSSR count). The van der Waals surface area contributed by atoms with Gasteiger partial charge in [0.1, 0.15) is 0 Å². The number of nitrogens with zero attached hydrogens (tertiary/aromatic N) is 5. The summed E-state index contributed by atoms with van der Waals surface area (Å²) in [6.07, 6.45) is 6.17. The molecule has 2 aromatic heterocycles. The molecular weight excluding hydrogens is 467 g/mol. The molecule has 0 spiro atoms. The first-order valence-corrected chi connectivity index (χ1v) is 11.9. The van der Waals surface area contributed by atoms with Gasteiger partial charge in [-0.05, 0) is 59.2 Å². The number of nitriles is 2. The topological polar surface area (TPSA) is 97.7 Å². The fraction of sp³-hybridized carbons (Fsp3) is 0.172. The van der Waals surface area contributed by atoms with Crippen LogP contribution in [0.5, 0.6) is 0 Å². The van der Waals surface area contributed by atoms with Crippen LogP contribution in [0.15, 0.2) is 66.9 Å². The Morgan fingerprint density at radius 2 is 1.86 bits per heavy atom. The summed E-state index contributed by atoms with van der Waals surface area (Å²) in [5, 5.41) is 22.2. The predicted molar refractivity (Wildman–Crippen MR) is 138 cm³/mol. The van der Waals surface area contributed by atoms with E-state index in [1.165, 1.54) is 12.3 Å². The molecular formula is C29H23FN6O. The molecule has 0 radical (unpaired) electrons. The fourth-order valence-corrected chi connectivity index (χ4v) is 4.69. The lowest BCUT2D eigenvalue weighted by molar-refractivity contribution is 0.240. The van der Waals surface area contributed by atoms with Gasteiger partial charge in [-0.2, -0.15) is 14.9 Å². The molecule has 4 aromatic rings. The van der Waals surface area contributed by atoms with E-state index in [9.17, 15) is 14.4 Å². The van der Waals surface area contributed by atoms with E-state index in [-0.39, 0.29) is 12.6 Å². The quantitative estimate of drug-likeness (QED) is 0.407. The number of fused-ring (bicyclic) bond motifs is 3. The third kappa shape index (κ3) is 5.11. The Kier molecular flexibility index (Phi) is 6.76. The standard InChI is InChI=1S/C29H23FN6O/c30-28-15-23(9-11-33-28)18-34-29(37)36-26-8-7-22(17-32)14-24(26)25-19-35(13-10-27(25)36)12-1-2-20-3-5-21(16-31)6-4-20/h1-9,11,14-15H,10,12-13,18-19H2,(H,34,37)/b2-1+. The van der Waals surface area contributed by atoms with Crippen LogP contribution in [-0.4, -0.2) is 33.6 Å². The molecule has 182 valence electrons. The van der Waals surface area contributed by atoms with Gasteiger partial charge in [0.05, 0.1) is 28.8 Å². The zero-order chi connectivity index (χ0) is 25.8. The Morgan fingerprint density at radius 3 is 2.62 bits per heavy atom. The number of benzene rings is 2. The summed E-state index contributed by atoms with van der Waals surface area (Å²) in [5.41, 5.74) is 5.53. The van der Waals surface area contributed by atoms with Crippen molar-refractivity contribution >= 4 is 23.0 Å². The number of rotatable bonds is 5. The lowest BCUT2D eigenvalue weighted by Gasteiger charge is -2.27. The van der Waals surface area contributed by atoms with Crippen LogP contribution in [0.1, 0.15) is 33.5 Å². The second-order valence-corrected chi connectivity index (χ2v) is 8.87. The number of halogens is 1. The number of nitrogens with one attached hydrogen (secondary N) is 1. The number of pyridine rings is 1. The zero-order valence-corrected chi connectivity index (χ0v) is 20.0. The van der Waals surface area contributed by atoms with Gasteiger partial charge in [-0.15, -0.1) is 0 Å². The third-order valence-electron chi connectivity index (χ3n) is 6.51. The fourth-order valence-electron chi connectivity index (χ4n) is 4.69. The second-order valence-electron chi connectivity index (χ2n) is 8.87. The van der Waals surface area contributed by atoms with Gasteiger partial charge in [-0.25, -0.2) is 9.78 Å². The summed E-state index contributed by atoms with van der Waals surface area (Å²) in [6, 6.07) is 19.8. The van der Waals surface area contributed by atoms with Crippen molar-refractivity contribution in [3.05, 3.63) is 106 Å². The lowest BCUT2D eigenvalue weighted by Crippen LogP contribution is -2.34. The molecule has 0 unspecified atom stereocenters. The molecule has 1 aliphatic heterocycles. The van der Waals surface area contributed by atoms with Gasteiger partial charge in [0, 0.05) is 49.9 Å². The average molecular weight is 491 g/mol. The average Bonchev–Trinajstić information content (AvgIpc) is 3.25. The van der Waals surface area contributed by atoms with Crippen molar-refractivity contribution in [1.29, 1.82) is 10.5 Å². The minimum atomic E-state index is -0.590. The van der Waals surface area contributed by atoms with Crippen molar-refractivity contribution in [1.82, 2.24) is 19.8 Å². The molecule has 1 amide bonds. The van der Waals surface area contributed by atoms with E-state index < -0.39 is 5.95 Å². The molecule has 7 nitrogen and oxygen atoms in total. The molecule has 2 aromatic carbocycles. The van der Waals surface area contributed by atoms with E-state index in [4.69, 9.17) is 5.26 Å². The Labute approximate surface area is 213 Å². The van der Waals surface area contributed by atoms with Crippen LogP contribution in [0.25, 0.3) is 17.0 Å². The first-order valence-electron chi connectivity index (χ1n) is 11.9. The van der Waals surface area contributed by atoms with Crippen molar-refractivity contribution in [3.8, 4) is 12.1 Å². The first-order chi connectivity index (χ1) is 18.1. The number of aromatic nitrogens is 2. The number of hydrogen-bond donors (Lipinski definition) is 1. The van der Waals surface area contributed by atoms with Crippen molar-refractivity contribution in [2.45, 2.75) is 19.5 Å². The molecule has 0 saturated carbocycles. The highest BCUT2D eigenvalue weighted by molar-refractivity contribution is 5.96. The number of carbonyl (C=O) groups is 1. The van der Waals surface area contributed by atoms with E-state index >= 15 is 0 Å². The smallest absolute Gasteiger partial charge is 0.326 e. The Hall–Kier alpha value is -4.79. The van der Waals surface area contributed by atoms with E-state index in [1.54, 1.807) is 28.8 Å². The highest BCUT2D eigenvalue weighted by Gasteiger charge is 2.26. The Bertz CT molecular complexity index is 1590. The summed E-state index contributed by atoms with van der Waals surface area (Å²) in [7, 11) is 0. The summed E-state index contributed by atoms with van der Waals surface area (Å²) >= 11 is 0. The molecule has 8 heteroatoms. The van der Waals surface area contributed by atoms with E-state index in [1.807, 2.05) is 30.3 Å². The molecule has 37 heavy (non-hydrogen) atoms. The van der Waals surface area contributed by atoms with Crippen LogP contribution in [0.4, 0.5) is 9.18 Å². The summed E-state index contributed by atoms with van der Waals surface area (Å²) < 4.78 is 15.1. The molecule has 0 atom stereocenters. The Morgan fingerprint density at radius 1 is 1.08 bits per heavy atom. The highest BCUT2D eigenvalue weighted by atomic mass is 19.1. The molecule has 0 aliphatic carbocycles. The van der Waals surface area contributed by atoms with Gasteiger partial charge in [0.2, 0.25) is 5.95 Å². The van der Waals surface area contributed by atoms with E-state index in [0.29, 0.717) is 29.7 Å². The largest absolute Gasteiger partial charge is 0.333 e. The van der Waals surface area contributed by atoms with Crippen molar-refractivity contribution < 1.29 is 9.18 Å². The van der Waals surface area contributed by atoms with Crippen LogP contribution < -0.4 is 5.32 Å². The van der Waals surface area contributed by atoms with Gasteiger partial charge in [0.25, 0.3) is 0 Å². The third-order valence-corrected chi connectivity index (χ3v) is 6.51. The second kappa shape index (κ2) is 10.4. The molecule has 3 heterocycles. The normalized spacial score (nSPS) is 13.3. The molecule has 0 saturated heterocycles. The minimum absolute atomic E-state index is 0.176. The number of amides is 1. The van der Waals surface area contributed by atoms with Crippen molar-refractivity contribution in [3.63, 3.8) is 0 Å². The highest BCUT2D eigenvalue weighted by Crippen LogP contribution is 2.31. The maximum atomic E-state index is 13.4. The van der Waals surface area contributed by atoms with Gasteiger partial charge < -0.3 is 5.32 Å². The molecule has 0 fully saturated rings. The summed E-state index contributed by atoms with van der Waals surface area (Å²) in [5.74, 6) is -0.590. The van der Waals surface area contributed by atoms with Crippen molar-refractivity contribution in [2.75, 3.05) is 13.1 Å². The van der Waals surface area contributed by atoms with Gasteiger partial charge >= 0.3 is 6.03 Å². The maximum Gasteiger partial charge on any atom is 0.326 e. The van der Waals surface area contributed by atoms with Crippen LogP contribution in [0, 0.1) is 28.6 Å². The van der Waals surface area contributed by atoms with Crippen molar-refractivity contribution in [2.24, 2.45) is 0 Å². The zero-order valence-electron chi connectivity index (χ0n) is 20.0. The van der Waals surface area contributed by atoms with E-state index in [2.05, 4.69) is 33.4 Å². The number of carbonyl (C=O) groups excluding carboxylic acids is 1. The monoisotopic (exact) mass is 490 g/mol. The van der Waals surface area contributed by atoms with E-state index in [0.717, 1.165) is 40.8 Å². The Balaban J connectivity index is 1.38. The molecule has 1 aliphatic rings. The van der Waals surface area contributed by atoms with Gasteiger partial charge in [-0.3, -0.25) is 9.47 Å². The van der Waals surface area contributed by atoms with Crippen LogP contribution >= 0.6 is 0 Å². The van der Waals surface area contributed by atoms with Gasteiger partial charge in [0.15, 0.2) is 0 Å². The van der Waals surface area contributed by atoms with Gasteiger partial charge in [-0.1, -0.05) is 24.3 Å². The van der Waals surface area contributed by atoms with Crippen LogP contribution in [0.3, 0.4) is 0 Å². The molecule has 0 bridgehead atoms. The minimum Gasteiger partial charge on any atom is -0.333 e. The summed E-state index contributed by atoms with van der Waals surface area (Å²) in [6.45, 7) is 2.32. The van der Waals surface area contributed by atoms with Crippen LogP contribution in [-0.2, 0) is 19.5 Å². The number of hydrogen-bond acceptors (Lipinski definition) is 5.